The minimum Gasteiger partial charge on any atom is -0.396 e. The summed E-state index contributed by atoms with van der Waals surface area (Å²) in [6.45, 7) is 1.60. The van der Waals surface area contributed by atoms with Crippen LogP contribution >= 0.6 is 0 Å². The Morgan fingerprint density at radius 3 is 2.64 bits per heavy atom. The molecule has 2 aromatic carbocycles. The minimum absolute atomic E-state index is 0.000633. The van der Waals surface area contributed by atoms with Gasteiger partial charge < -0.3 is 24.0 Å². The van der Waals surface area contributed by atoms with Crippen molar-refractivity contribution in [2.45, 2.75) is 50.5 Å². The number of ether oxygens (including phenoxy) is 2. The van der Waals surface area contributed by atoms with Gasteiger partial charge in [0.25, 0.3) is 5.91 Å². The van der Waals surface area contributed by atoms with Gasteiger partial charge in [-0.25, -0.2) is 9.37 Å². The number of aliphatic hydroxyl groups is 1. The van der Waals surface area contributed by atoms with E-state index in [9.17, 15) is 14.3 Å². The molecule has 1 saturated heterocycles. The lowest BCUT2D eigenvalue weighted by Crippen LogP contribution is -2.46. The highest BCUT2D eigenvalue weighted by Crippen LogP contribution is 2.38. The van der Waals surface area contributed by atoms with Crippen LogP contribution in [0.25, 0.3) is 11.1 Å². The van der Waals surface area contributed by atoms with E-state index in [0.717, 1.165) is 42.4 Å². The maximum Gasteiger partial charge on any atom is 0.274 e. The molecule has 7 nitrogen and oxygen atoms in total. The van der Waals surface area contributed by atoms with E-state index in [-0.39, 0.29) is 24.4 Å². The quantitative estimate of drug-likeness (QED) is 0.537. The highest BCUT2D eigenvalue weighted by Gasteiger charge is 2.42. The van der Waals surface area contributed by atoms with E-state index in [1.807, 2.05) is 42.3 Å². The van der Waals surface area contributed by atoms with Crippen LogP contribution in [0, 0.1) is 5.82 Å². The highest BCUT2D eigenvalue weighted by atomic mass is 19.1. The van der Waals surface area contributed by atoms with Crippen molar-refractivity contribution in [3.8, 4) is 11.1 Å². The van der Waals surface area contributed by atoms with Gasteiger partial charge >= 0.3 is 0 Å². The van der Waals surface area contributed by atoms with Gasteiger partial charge in [0, 0.05) is 50.8 Å². The molecule has 0 unspecified atom stereocenters. The number of amides is 1. The summed E-state index contributed by atoms with van der Waals surface area (Å²) in [5.41, 5.74) is 3.41. The molecule has 0 atom stereocenters. The second kappa shape index (κ2) is 10.5. The van der Waals surface area contributed by atoms with Crippen molar-refractivity contribution in [3.63, 3.8) is 0 Å². The molecule has 190 valence electrons. The van der Waals surface area contributed by atoms with Crippen molar-refractivity contribution in [1.82, 2.24) is 14.5 Å². The van der Waals surface area contributed by atoms with Gasteiger partial charge in [-0.15, -0.1) is 0 Å². The Bertz CT molecular complexity index is 1210. The molecule has 5 rings (SSSR count). The fraction of sp³-hybridized carbons (Fsp3) is 0.429. The number of hydrogen-bond donors (Lipinski definition) is 1. The van der Waals surface area contributed by atoms with Crippen LogP contribution in [-0.2, 0) is 29.5 Å². The number of aromatic nitrogens is 2. The van der Waals surface area contributed by atoms with Crippen LogP contribution in [0.2, 0.25) is 0 Å². The Morgan fingerprint density at radius 2 is 1.94 bits per heavy atom. The van der Waals surface area contributed by atoms with Crippen LogP contribution in [0.5, 0.6) is 0 Å². The first-order chi connectivity index (χ1) is 17.5. The monoisotopic (exact) mass is 493 g/mol. The topological polar surface area (TPSA) is 76.8 Å². The van der Waals surface area contributed by atoms with Crippen molar-refractivity contribution in [2.24, 2.45) is 7.05 Å². The lowest BCUT2D eigenvalue weighted by atomic mass is 9.88. The van der Waals surface area contributed by atoms with Crippen molar-refractivity contribution < 1.29 is 23.8 Å². The molecule has 0 radical (unpaired) electrons. The van der Waals surface area contributed by atoms with Crippen molar-refractivity contribution in [3.05, 3.63) is 77.6 Å². The Hall–Kier alpha value is -3.07. The number of carbonyl (C=O) groups excluding carboxylic acids is 1. The van der Waals surface area contributed by atoms with Gasteiger partial charge in [0.15, 0.2) is 5.79 Å². The van der Waals surface area contributed by atoms with Crippen LogP contribution in [-0.4, -0.2) is 57.1 Å². The Labute approximate surface area is 210 Å². The number of aryl methyl sites for hydroxylation is 1. The number of benzene rings is 2. The molecular weight excluding hydrogens is 461 g/mol. The zero-order valence-corrected chi connectivity index (χ0v) is 20.5. The van der Waals surface area contributed by atoms with E-state index in [2.05, 4.69) is 4.98 Å². The first kappa shape index (κ1) is 24.6. The van der Waals surface area contributed by atoms with Crippen LogP contribution in [0.1, 0.15) is 47.3 Å². The summed E-state index contributed by atoms with van der Waals surface area (Å²) < 4.78 is 28.4. The molecule has 3 aromatic rings. The molecule has 1 saturated carbocycles. The maximum atomic E-state index is 14.9. The zero-order valence-electron chi connectivity index (χ0n) is 20.5. The van der Waals surface area contributed by atoms with Gasteiger partial charge in [-0.3, -0.25) is 4.79 Å². The summed E-state index contributed by atoms with van der Waals surface area (Å²) in [6, 6.07) is 12.6. The summed E-state index contributed by atoms with van der Waals surface area (Å²) in [7, 11) is 1.84. The van der Waals surface area contributed by atoms with Crippen molar-refractivity contribution in [2.75, 3.05) is 19.8 Å². The average molecular weight is 494 g/mol. The van der Waals surface area contributed by atoms with E-state index in [1.165, 1.54) is 6.07 Å². The van der Waals surface area contributed by atoms with E-state index < -0.39 is 5.79 Å². The summed E-state index contributed by atoms with van der Waals surface area (Å²) in [4.78, 5) is 19.8. The van der Waals surface area contributed by atoms with E-state index in [4.69, 9.17) is 9.47 Å². The Balaban J connectivity index is 1.42. The summed E-state index contributed by atoms with van der Waals surface area (Å²) >= 11 is 0. The molecule has 1 aliphatic carbocycles. The molecule has 36 heavy (non-hydrogen) atoms. The van der Waals surface area contributed by atoms with Crippen LogP contribution in [0.4, 0.5) is 4.39 Å². The second-order valence-electron chi connectivity index (χ2n) is 9.68. The number of hydrogen-bond acceptors (Lipinski definition) is 5. The van der Waals surface area contributed by atoms with Crippen LogP contribution in [0.3, 0.4) is 0 Å². The van der Waals surface area contributed by atoms with Crippen molar-refractivity contribution >= 4 is 5.91 Å². The van der Waals surface area contributed by atoms with Crippen LogP contribution in [0.15, 0.2) is 55.0 Å². The molecule has 2 heterocycles. The molecular formula is C28H32FN3O4. The third kappa shape index (κ3) is 5.21. The predicted octanol–water partition coefficient (Wildman–Crippen LogP) is 4.09. The van der Waals surface area contributed by atoms with Crippen molar-refractivity contribution in [1.29, 1.82) is 0 Å². The largest absolute Gasteiger partial charge is 0.396 e. The molecule has 8 heteroatoms. The standard InChI is InChI=1S/C28H32FN3O4/c1-31-18-26(30-19-31)27(34)32(23-7-10-28(11-8-23)35-13-14-36-28)17-21-5-6-25(29)24(16-21)22-4-2-3-20(15-22)9-12-33/h2-6,15-16,18-19,23,33H,7-14,17H2,1H3. The van der Waals surface area contributed by atoms with Gasteiger partial charge in [0.2, 0.25) is 0 Å². The zero-order chi connectivity index (χ0) is 25.1. The second-order valence-corrected chi connectivity index (χ2v) is 9.68. The summed E-state index contributed by atoms with van der Waals surface area (Å²) in [5, 5.41) is 9.28. The molecule has 2 fully saturated rings. The average Bonchev–Trinajstić information content (AvgIpc) is 3.53. The molecule has 1 aromatic heterocycles. The fourth-order valence-corrected chi connectivity index (χ4v) is 5.29. The normalized spacial score (nSPS) is 17.5. The van der Waals surface area contributed by atoms with Gasteiger partial charge in [-0.05, 0) is 48.1 Å². The smallest absolute Gasteiger partial charge is 0.274 e. The number of rotatable bonds is 7. The van der Waals surface area contributed by atoms with E-state index >= 15 is 0 Å². The molecule has 1 aliphatic heterocycles. The number of imidazole rings is 1. The first-order valence-electron chi connectivity index (χ1n) is 12.5. The molecule has 1 spiro atoms. The molecule has 1 N–H and O–H groups in total. The van der Waals surface area contributed by atoms with Gasteiger partial charge in [-0.1, -0.05) is 30.3 Å². The molecule has 2 aliphatic rings. The Kier molecular flexibility index (Phi) is 7.18. The summed E-state index contributed by atoms with van der Waals surface area (Å²) in [6.07, 6.45) is 6.85. The third-order valence-electron chi connectivity index (χ3n) is 7.18. The fourth-order valence-electron chi connectivity index (χ4n) is 5.29. The number of aliphatic hydroxyl groups excluding tert-OH is 1. The van der Waals surface area contributed by atoms with Crippen LogP contribution < -0.4 is 0 Å². The third-order valence-corrected chi connectivity index (χ3v) is 7.18. The van der Waals surface area contributed by atoms with E-state index in [0.29, 0.717) is 37.4 Å². The minimum atomic E-state index is -0.515. The number of nitrogens with zero attached hydrogens (tertiary/aromatic N) is 3. The van der Waals surface area contributed by atoms with Gasteiger partial charge in [-0.2, -0.15) is 0 Å². The summed E-state index contributed by atoms with van der Waals surface area (Å²) in [5.74, 6) is -0.975. The first-order valence-corrected chi connectivity index (χ1v) is 12.5. The number of carbonyl (C=O) groups is 1. The number of halogens is 1. The Morgan fingerprint density at radius 1 is 1.17 bits per heavy atom. The predicted molar refractivity (Wildman–Crippen MR) is 133 cm³/mol. The lowest BCUT2D eigenvalue weighted by molar-refractivity contribution is -0.183. The van der Waals surface area contributed by atoms with Gasteiger partial charge in [0.1, 0.15) is 11.5 Å². The molecule has 0 bridgehead atoms. The SMILES string of the molecule is Cn1cnc(C(=O)N(Cc2ccc(F)c(-c3cccc(CCO)c3)c2)C2CCC3(CC2)OCCO3)c1. The lowest BCUT2D eigenvalue weighted by Gasteiger charge is -2.40. The van der Waals surface area contributed by atoms with Gasteiger partial charge in [0.05, 0.1) is 19.5 Å². The molecule has 1 amide bonds. The maximum absolute atomic E-state index is 14.9. The highest BCUT2D eigenvalue weighted by molar-refractivity contribution is 5.92. The van der Waals surface area contributed by atoms with E-state index in [1.54, 1.807) is 23.2 Å².